The number of carbonyl (C=O) groups is 2. The Morgan fingerprint density at radius 3 is 2.59 bits per heavy atom. The first-order valence-corrected chi connectivity index (χ1v) is 13.9. The van der Waals surface area contributed by atoms with Gasteiger partial charge in [0.1, 0.15) is 11.5 Å². The minimum absolute atomic E-state index is 0.186. The Bertz CT molecular complexity index is 1360. The number of imidazole rings is 1. The zero-order chi connectivity index (χ0) is 27.3. The molecule has 3 heterocycles. The van der Waals surface area contributed by atoms with E-state index in [-0.39, 0.29) is 43.2 Å². The van der Waals surface area contributed by atoms with Gasteiger partial charge in [0, 0.05) is 25.2 Å². The number of nitrogens with one attached hydrogen (secondary N) is 3. The van der Waals surface area contributed by atoms with Gasteiger partial charge in [-0.3, -0.25) is 14.3 Å². The van der Waals surface area contributed by atoms with Gasteiger partial charge in [-0.15, -0.1) is 0 Å². The molecule has 3 atom stereocenters. The summed E-state index contributed by atoms with van der Waals surface area (Å²) in [7, 11) is 0. The quantitative estimate of drug-likeness (QED) is 0.369. The number of aryl methyl sites for hydroxylation is 1. The van der Waals surface area contributed by atoms with Gasteiger partial charge in [0.25, 0.3) is 5.91 Å². The van der Waals surface area contributed by atoms with Crippen LogP contribution in [0.15, 0.2) is 30.5 Å². The number of alkyl halides is 3. The van der Waals surface area contributed by atoms with Gasteiger partial charge in [0.05, 0.1) is 23.0 Å². The summed E-state index contributed by atoms with van der Waals surface area (Å²) in [6, 6.07) is 6.95. The Morgan fingerprint density at radius 1 is 1.18 bits per heavy atom. The fourth-order valence-corrected chi connectivity index (χ4v) is 6.19. The van der Waals surface area contributed by atoms with Gasteiger partial charge in [-0.1, -0.05) is 6.07 Å². The maximum absolute atomic E-state index is 13.3. The van der Waals surface area contributed by atoms with E-state index in [9.17, 15) is 22.8 Å². The zero-order valence-corrected chi connectivity index (χ0v) is 21.8. The van der Waals surface area contributed by atoms with Crippen molar-refractivity contribution in [1.82, 2.24) is 30.4 Å². The third kappa shape index (κ3) is 5.40. The summed E-state index contributed by atoms with van der Waals surface area (Å²) in [4.78, 5) is 34.0. The number of aromatic amines is 1. The summed E-state index contributed by atoms with van der Waals surface area (Å²) in [5, 5.41) is 9.92. The van der Waals surface area contributed by atoms with Gasteiger partial charge in [-0.2, -0.15) is 18.3 Å². The second kappa shape index (κ2) is 9.98. The molecule has 1 aromatic carbocycles. The van der Waals surface area contributed by atoms with Gasteiger partial charge < -0.3 is 15.6 Å². The molecule has 0 bridgehead atoms. The van der Waals surface area contributed by atoms with Crippen molar-refractivity contribution < 1.29 is 22.8 Å². The summed E-state index contributed by atoms with van der Waals surface area (Å²) in [5.41, 5.74) is 2.75. The van der Waals surface area contributed by atoms with Crippen LogP contribution in [0.4, 0.5) is 13.2 Å². The number of piperidine rings is 1. The van der Waals surface area contributed by atoms with Crippen LogP contribution < -0.4 is 10.6 Å². The van der Waals surface area contributed by atoms with Gasteiger partial charge in [-0.25, -0.2) is 4.98 Å². The molecule has 0 radical (unpaired) electrons. The van der Waals surface area contributed by atoms with Gasteiger partial charge in [0.2, 0.25) is 5.91 Å². The van der Waals surface area contributed by atoms with Crippen LogP contribution in [0, 0.1) is 29.6 Å². The molecule has 2 amide bonds. The third-order valence-corrected chi connectivity index (χ3v) is 8.52. The minimum Gasteiger partial charge on any atom is -0.355 e. The molecule has 3 N–H and O–H groups in total. The van der Waals surface area contributed by atoms with E-state index in [0.29, 0.717) is 29.9 Å². The summed E-state index contributed by atoms with van der Waals surface area (Å²) < 4.78 is 41.5. The highest BCUT2D eigenvalue weighted by molar-refractivity contribution is 5.92. The fraction of sp³-hybridized carbons (Fsp3) is 0.571. The molecular formula is C28H33F3N6O2. The molecule has 1 aliphatic heterocycles. The van der Waals surface area contributed by atoms with Crippen LogP contribution in [0.25, 0.3) is 11.0 Å². The molecule has 11 heteroatoms. The largest absolute Gasteiger partial charge is 0.393 e. The van der Waals surface area contributed by atoms with Crippen LogP contribution in [0.3, 0.4) is 0 Å². The molecule has 3 aliphatic rings. The number of hydrogen-bond donors (Lipinski definition) is 3. The van der Waals surface area contributed by atoms with Crippen LogP contribution >= 0.6 is 0 Å². The summed E-state index contributed by atoms with van der Waals surface area (Å²) in [6.45, 7) is 2.16. The van der Waals surface area contributed by atoms with E-state index in [4.69, 9.17) is 4.98 Å². The van der Waals surface area contributed by atoms with E-state index in [2.05, 4.69) is 20.7 Å². The van der Waals surface area contributed by atoms with E-state index in [1.165, 1.54) is 0 Å². The molecule has 1 saturated heterocycles. The lowest BCUT2D eigenvalue weighted by molar-refractivity contribution is -0.183. The summed E-state index contributed by atoms with van der Waals surface area (Å²) in [5.74, 6) is -0.719. The lowest BCUT2D eigenvalue weighted by Crippen LogP contribution is -2.47. The molecule has 2 unspecified atom stereocenters. The number of carbonyl (C=O) groups excluding carboxylic acids is 2. The molecule has 2 aliphatic carbocycles. The van der Waals surface area contributed by atoms with E-state index in [0.717, 1.165) is 42.3 Å². The number of fused-ring (bicyclic) bond motifs is 1. The molecule has 2 saturated carbocycles. The van der Waals surface area contributed by atoms with E-state index < -0.39 is 18.0 Å². The molecular weight excluding hydrogens is 509 g/mol. The highest BCUT2D eigenvalue weighted by Gasteiger charge is 2.48. The van der Waals surface area contributed by atoms with E-state index in [1.807, 2.05) is 25.1 Å². The third-order valence-electron chi connectivity index (χ3n) is 8.52. The second-order valence-electron chi connectivity index (χ2n) is 11.3. The predicted octanol–water partition coefficient (Wildman–Crippen LogP) is 4.54. The maximum Gasteiger partial charge on any atom is 0.393 e. The number of amides is 2. The number of rotatable bonds is 9. The fourth-order valence-electron chi connectivity index (χ4n) is 6.19. The molecule has 6 rings (SSSR count). The van der Waals surface area contributed by atoms with Gasteiger partial charge >= 0.3 is 6.18 Å². The highest BCUT2D eigenvalue weighted by Crippen LogP contribution is 2.54. The van der Waals surface area contributed by atoms with E-state index >= 15 is 0 Å². The Kier molecular flexibility index (Phi) is 6.63. The standard InChI is InChI=1S/C28H33F3N6O2/c1-2-37-22(9-10-33-37)27(39)36-24(23(16-4-5-16)17-6-7-17)25-34-20-8-3-15(12-21(20)35-25)11-18-13-19(28(29,30)31)14-32-26(18)38/h3,8-10,12,16-19,23-24H,2,4-7,11,13-14H2,1H3,(H,32,38)(H,34,35)(H,36,39)/t18?,19?,24-/m0/s1. The molecule has 3 fully saturated rings. The molecule has 8 nitrogen and oxygen atoms in total. The normalized spacial score (nSPS) is 22.7. The highest BCUT2D eigenvalue weighted by atomic mass is 19.4. The average molecular weight is 543 g/mol. The van der Waals surface area contributed by atoms with Crippen molar-refractivity contribution in [3.8, 4) is 0 Å². The topological polar surface area (TPSA) is 105 Å². The Balaban J connectivity index is 1.26. The van der Waals surface area contributed by atoms with Crippen LogP contribution in [-0.2, 0) is 17.8 Å². The minimum atomic E-state index is -4.33. The lowest BCUT2D eigenvalue weighted by Gasteiger charge is -2.30. The van der Waals surface area contributed by atoms with Crippen molar-refractivity contribution in [3.05, 3.63) is 47.5 Å². The Labute approximate surface area is 224 Å². The molecule has 208 valence electrons. The van der Waals surface area contributed by atoms with Crippen molar-refractivity contribution in [1.29, 1.82) is 0 Å². The Hall–Kier alpha value is -3.37. The number of halogens is 3. The van der Waals surface area contributed by atoms with Crippen LogP contribution in [0.2, 0.25) is 0 Å². The second-order valence-corrected chi connectivity index (χ2v) is 11.3. The molecule has 0 spiro atoms. The van der Waals surface area contributed by atoms with Crippen molar-refractivity contribution >= 4 is 22.8 Å². The number of H-pyrrole nitrogens is 1. The number of aromatic nitrogens is 4. The number of hydrogen-bond acceptors (Lipinski definition) is 4. The van der Waals surface area contributed by atoms with Crippen molar-refractivity contribution in [2.45, 2.75) is 64.2 Å². The van der Waals surface area contributed by atoms with Crippen molar-refractivity contribution in [2.75, 3.05) is 6.54 Å². The molecule has 3 aromatic rings. The maximum atomic E-state index is 13.3. The Morgan fingerprint density at radius 2 is 1.92 bits per heavy atom. The number of nitrogens with zero attached hydrogens (tertiary/aromatic N) is 3. The van der Waals surface area contributed by atoms with Crippen molar-refractivity contribution in [2.24, 2.45) is 29.6 Å². The van der Waals surface area contributed by atoms with Crippen LogP contribution in [0.5, 0.6) is 0 Å². The monoisotopic (exact) mass is 542 g/mol. The van der Waals surface area contributed by atoms with Gasteiger partial charge in [0.15, 0.2) is 0 Å². The molecule has 2 aromatic heterocycles. The SMILES string of the molecule is CCn1nccc1C(=O)N[C@H](c1nc2ccc(CC3CC(C(F)(F)F)CNC3=O)cc2[nH]1)C(C1CC1)C1CC1. The number of benzene rings is 1. The first-order chi connectivity index (χ1) is 18.7. The lowest BCUT2D eigenvalue weighted by atomic mass is 9.85. The summed E-state index contributed by atoms with van der Waals surface area (Å²) in [6.07, 6.45) is 1.88. The first kappa shape index (κ1) is 25.9. The first-order valence-electron chi connectivity index (χ1n) is 13.9. The van der Waals surface area contributed by atoms with Crippen molar-refractivity contribution in [3.63, 3.8) is 0 Å². The zero-order valence-electron chi connectivity index (χ0n) is 21.8. The van der Waals surface area contributed by atoms with E-state index in [1.54, 1.807) is 16.9 Å². The van der Waals surface area contributed by atoms with Crippen LogP contribution in [0.1, 0.15) is 66.9 Å². The van der Waals surface area contributed by atoms with Gasteiger partial charge in [-0.05, 0) is 87.0 Å². The molecule has 39 heavy (non-hydrogen) atoms. The smallest absolute Gasteiger partial charge is 0.355 e. The summed E-state index contributed by atoms with van der Waals surface area (Å²) >= 11 is 0. The average Bonchev–Trinajstić information content (AvgIpc) is 3.83. The van der Waals surface area contributed by atoms with Crippen LogP contribution in [-0.4, -0.2) is 44.3 Å². The predicted molar refractivity (Wildman–Crippen MR) is 138 cm³/mol.